The lowest BCUT2D eigenvalue weighted by Crippen LogP contribution is -2.20. The van der Waals surface area contributed by atoms with Crippen LogP contribution in [0.25, 0.3) is 0 Å². The molecule has 1 aromatic carbocycles. The zero-order valence-corrected chi connectivity index (χ0v) is 11.2. The standard InChI is InChI=1S/C13H12FN3O2S/c14-9-3-5-10(6-4-9)17-12(18)8-20(19)13-11(15)2-1-7-16-13/h1-7H,8,15H2,(H,17,18). The van der Waals surface area contributed by atoms with Crippen molar-refractivity contribution in [2.45, 2.75) is 5.03 Å². The zero-order chi connectivity index (χ0) is 14.5. The van der Waals surface area contributed by atoms with Crippen LogP contribution < -0.4 is 11.1 Å². The molecule has 0 aliphatic heterocycles. The van der Waals surface area contributed by atoms with Crippen molar-refractivity contribution in [3.63, 3.8) is 0 Å². The largest absolute Gasteiger partial charge is 0.396 e. The molecule has 0 radical (unpaired) electrons. The minimum Gasteiger partial charge on any atom is -0.396 e. The van der Waals surface area contributed by atoms with E-state index >= 15 is 0 Å². The summed E-state index contributed by atoms with van der Waals surface area (Å²) >= 11 is 0. The lowest BCUT2D eigenvalue weighted by atomic mass is 10.3. The normalized spacial score (nSPS) is 11.8. The van der Waals surface area contributed by atoms with Crippen LogP contribution in [0.5, 0.6) is 0 Å². The zero-order valence-electron chi connectivity index (χ0n) is 10.4. The summed E-state index contributed by atoms with van der Waals surface area (Å²) in [6.45, 7) is 0. The molecular weight excluding hydrogens is 281 g/mol. The number of halogens is 1. The van der Waals surface area contributed by atoms with Crippen molar-refractivity contribution in [2.75, 3.05) is 16.8 Å². The number of aromatic nitrogens is 1. The van der Waals surface area contributed by atoms with Crippen molar-refractivity contribution < 1.29 is 13.4 Å². The number of anilines is 2. The van der Waals surface area contributed by atoms with Crippen LogP contribution in [-0.4, -0.2) is 20.9 Å². The van der Waals surface area contributed by atoms with Gasteiger partial charge in [-0.2, -0.15) is 0 Å². The maximum Gasteiger partial charge on any atom is 0.237 e. The van der Waals surface area contributed by atoms with Crippen LogP contribution in [0.4, 0.5) is 15.8 Å². The van der Waals surface area contributed by atoms with E-state index in [9.17, 15) is 13.4 Å². The second-order valence-corrected chi connectivity index (χ2v) is 5.31. The topological polar surface area (TPSA) is 85.1 Å². The Morgan fingerprint density at radius 1 is 1.30 bits per heavy atom. The van der Waals surface area contributed by atoms with Crippen LogP contribution in [-0.2, 0) is 15.6 Å². The van der Waals surface area contributed by atoms with Gasteiger partial charge >= 0.3 is 0 Å². The van der Waals surface area contributed by atoms with E-state index in [0.717, 1.165) is 0 Å². The van der Waals surface area contributed by atoms with Gasteiger partial charge in [0.15, 0.2) is 5.03 Å². The SMILES string of the molecule is Nc1cccnc1S(=O)CC(=O)Nc1ccc(F)cc1. The lowest BCUT2D eigenvalue weighted by molar-refractivity contribution is -0.113. The summed E-state index contributed by atoms with van der Waals surface area (Å²) in [6.07, 6.45) is 1.46. The molecule has 1 atom stereocenters. The molecule has 104 valence electrons. The molecule has 5 nitrogen and oxygen atoms in total. The van der Waals surface area contributed by atoms with E-state index in [2.05, 4.69) is 10.3 Å². The lowest BCUT2D eigenvalue weighted by Gasteiger charge is -2.06. The summed E-state index contributed by atoms with van der Waals surface area (Å²) in [6, 6.07) is 8.48. The maximum atomic E-state index is 12.7. The molecule has 1 heterocycles. The number of carbonyl (C=O) groups is 1. The van der Waals surface area contributed by atoms with Crippen molar-refractivity contribution in [1.29, 1.82) is 0 Å². The second-order valence-electron chi connectivity index (χ2n) is 3.94. The molecule has 7 heteroatoms. The Hall–Kier alpha value is -2.28. The maximum absolute atomic E-state index is 12.7. The molecule has 3 N–H and O–H groups in total. The molecule has 0 aliphatic carbocycles. The average Bonchev–Trinajstić information content (AvgIpc) is 2.41. The molecule has 0 fully saturated rings. The fraction of sp³-hybridized carbons (Fsp3) is 0.0769. The van der Waals surface area contributed by atoms with Gasteiger partial charge in [-0.3, -0.25) is 9.00 Å². The van der Waals surface area contributed by atoms with E-state index in [1.165, 1.54) is 30.5 Å². The van der Waals surface area contributed by atoms with Crippen LogP contribution in [0, 0.1) is 5.82 Å². The molecule has 0 aliphatic rings. The molecule has 0 saturated carbocycles. The van der Waals surface area contributed by atoms with Gasteiger partial charge in [-0.05, 0) is 36.4 Å². The van der Waals surface area contributed by atoms with E-state index < -0.39 is 22.5 Å². The summed E-state index contributed by atoms with van der Waals surface area (Å²) < 4.78 is 24.7. The molecule has 20 heavy (non-hydrogen) atoms. The van der Waals surface area contributed by atoms with Crippen LogP contribution in [0.15, 0.2) is 47.6 Å². The van der Waals surface area contributed by atoms with Gasteiger partial charge in [-0.25, -0.2) is 9.37 Å². The molecule has 0 bridgehead atoms. The van der Waals surface area contributed by atoms with E-state index in [4.69, 9.17) is 5.73 Å². The van der Waals surface area contributed by atoms with Crippen LogP contribution >= 0.6 is 0 Å². The number of benzene rings is 1. The third kappa shape index (κ3) is 3.61. The first-order valence-corrected chi connectivity index (χ1v) is 7.02. The first-order chi connectivity index (χ1) is 9.56. The first-order valence-electron chi connectivity index (χ1n) is 5.70. The second kappa shape index (κ2) is 6.25. The van der Waals surface area contributed by atoms with E-state index in [0.29, 0.717) is 5.69 Å². The van der Waals surface area contributed by atoms with Crippen molar-refractivity contribution in [3.8, 4) is 0 Å². The van der Waals surface area contributed by atoms with Crippen molar-refractivity contribution in [3.05, 3.63) is 48.4 Å². The number of carbonyl (C=O) groups excluding carboxylic acids is 1. The molecular formula is C13H12FN3O2S. The van der Waals surface area contributed by atoms with Crippen molar-refractivity contribution in [2.24, 2.45) is 0 Å². The van der Waals surface area contributed by atoms with Gasteiger partial charge in [-0.15, -0.1) is 0 Å². The Kier molecular flexibility index (Phi) is 4.41. The highest BCUT2D eigenvalue weighted by atomic mass is 32.2. The number of nitrogens with one attached hydrogen (secondary N) is 1. The third-order valence-corrected chi connectivity index (χ3v) is 3.70. The van der Waals surface area contributed by atoms with Crippen LogP contribution in [0.1, 0.15) is 0 Å². The minimum atomic E-state index is -1.63. The fourth-order valence-electron chi connectivity index (χ4n) is 1.51. The predicted molar refractivity (Wildman–Crippen MR) is 75.0 cm³/mol. The highest BCUT2D eigenvalue weighted by Crippen LogP contribution is 2.13. The number of nitrogens with zero attached hydrogens (tertiary/aromatic N) is 1. The minimum absolute atomic E-state index is 0.182. The summed E-state index contributed by atoms with van der Waals surface area (Å²) in [7, 11) is -1.63. The number of rotatable bonds is 4. The Morgan fingerprint density at radius 2 is 2.00 bits per heavy atom. The highest BCUT2D eigenvalue weighted by molar-refractivity contribution is 7.85. The molecule has 1 aromatic heterocycles. The highest BCUT2D eigenvalue weighted by Gasteiger charge is 2.14. The van der Waals surface area contributed by atoms with Crippen LogP contribution in [0.3, 0.4) is 0 Å². The van der Waals surface area contributed by atoms with Gasteiger partial charge < -0.3 is 11.1 Å². The van der Waals surface area contributed by atoms with Gasteiger partial charge in [-0.1, -0.05) is 0 Å². The number of hydrogen-bond acceptors (Lipinski definition) is 4. The quantitative estimate of drug-likeness (QED) is 0.895. The molecule has 0 saturated heterocycles. The van der Waals surface area contributed by atoms with Crippen molar-refractivity contribution >= 4 is 28.1 Å². The molecule has 1 amide bonds. The van der Waals surface area contributed by atoms with E-state index in [1.54, 1.807) is 12.1 Å². The number of nitrogens with two attached hydrogens (primary N) is 1. The molecule has 2 aromatic rings. The Balaban J connectivity index is 2.00. The number of pyridine rings is 1. The van der Waals surface area contributed by atoms with Crippen molar-refractivity contribution in [1.82, 2.24) is 4.98 Å². The molecule has 1 unspecified atom stereocenters. The monoisotopic (exact) mass is 293 g/mol. The number of hydrogen-bond donors (Lipinski definition) is 2. The smallest absolute Gasteiger partial charge is 0.237 e. The van der Waals surface area contributed by atoms with Crippen LogP contribution in [0.2, 0.25) is 0 Å². The number of nitrogen functional groups attached to an aromatic ring is 1. The van der Waals surface area contributed by atoms with Gasteiger partial charge in [0.1, 0.15) is 11.6 Å². The third-order valence-electron chi connectivity index (χ3n) is 2.41. The summed E-state index contributed by atoms with van der Waals surface area (Å²) in [5.41, 5.74) is 6.35. The predicted octanol–water partition coefficient (Wildman–Crippen LogP) is 1.55. The Morgan fingerprint density at radius 3 is 2.65 bits per heavy atom. The van der Waals surface area contributed by atoms with Gasteiger partial charge in [0.25, 0.3) is 0 Å². The van der Waals surface area contributed by atoms with Gasteiger partial charge in [0.2, 0.25) is 5.91 Å². The summed E-state index contributed by atoms with van der Waals surface area (Å²) in [4.78, 5) is 15.6. The number of amides is 1. The Labute approximate surface area is 117 Å². The van der Waals surface area contributed by atoms with Gasteiger partial charge in [0, 0.05) is 11.9 Å². The summed E-state index contributed by atoms with van der Waals surface area (Å²) in [5.74, 6) is -1.12. The van der Waals surface area contributed by atoms with Gasteiger partial charge in [0.05, 0.1) is 16.5 Å². The Bertz CT molecular complexity index is 646. The molecule has 2 rings (SSSR count). The average molecular weight is 293 g/mol. The van der Waals surface area contributed by atoms with E-state index in [1.807, 2.05) is 0 Å². The fourth-order valence-corrected chi connectivity index (χ4v) is 2.47. The molecule has 0 spiro atoms. The van der Waals surface area contributed by atoms with E-state index in [-0.39, 0.29) is 16.5 Å². The summed E-state index contributed by atoms with van der Waals surface area (Å²) in [5, 5.41) is 2.70. The first kappa shape index (κ1) is 14.1.